The van der Waals surface area contributed by atoms with Gasteiger partial charge in [-0.2, -0.15) is 11.1 Å². The summed E-state index contributed by atoms with van der Waals surface area (Å²) in [6.45, 7) is 10.7. The molecule has 0 amide bonds. The SMILES string of the molecule is CC1=[C-]CC(C)=C1C.Cc1ccc2c(c1)[cH-]c1cc(C)ccc12.[Cl-].[Cl-].[Zr+2]=[C](c1ccccc1)c1ccccc1. The molecule has 0 heterocycles. The number of fused-ring (bicyclic) bond motifs is 3. The molecule has 1 aliphatic rings. The second-order valence-electron chi connectivity index (χ2n) is 9.82. The Morgan fingerprint density at radius 2 is 1.08 bits per heavy atom. The van der Waals surface area contributed by atoms with Gasteiger partial charge in [0.15, 0.2) is 0 Å². The molecule has 39 heavy (non-hydrogen) atoms. The van der Waals surface area contributed by atoms with Crippen LogP contribution in [0, 0.1) is 19.9 Å². The van der Waals surface area contributed by atoms with E-state index in [0.29, 0.717) is 0 Å². The first kappa shape index (κ1) is 32.8. The second kappa shape index (κ2) is 15.4. The van der Waals surface area contributed by atoms with E-state index in [4.69, 9.17) is 0 Å². The Labute approximate surface area is 261 Å². The third-order valence-electron chi connectivity index (χ3n) is 6.96. The van der Waals surface area contributed by atoms with Gasteiger partial charge in [0.05, 0.1) is 0 Å². The topological polar surface area (TPSA) is 0 Å². The maximum atomic E-state index is 3.26. The van der Waals surface area contributed by atoms with Crippen molar-refractivity contribution < 1.29 is 49.0 Å². The van der Waals surface area contributed by atoms with Gasteiger partial charge in [0.2, 0.25) is 0 Å². The summed E-state index contributed by atoms with van der Waals surface area (Å²) in [6.07, 6.45) is 4.31. The van der Waals surface area contributed by atoms with Gasteiger partial charge in [0.1, 0.15) is 0 Å². The van der Waals surface area contributed by atoms with Crippen LogP contribution in [0.25, 0.3) is 21.5 Å². The van der Waals surface area contributed by atoms with Crippen molar-refractivity contribution >= 4 is 24.8 Å². The van der Waals surface area contributed by atoms with Gasteiger partial charge in [0, 0.05) is 0 Å². The van der Waals surface area contributed by atoms with Crippen LogP contribution in [0.15, 0.2) is 120 Å². The third-order valence-corrected chi connectivity index (χ3v) is 8.38. The van der Waals surface area contributed by atoms with Crippen molar-refractivity contribution in [3.8, 4) is 0 Å². The van der Waals surface area contributed by atoms with Crippen molar-refractivity contribution in [2.75, 3.05) is 0 Å². The molecule has 1 aliphatic carbocycles. The van der Waals surface area contributed by atoms with Crippen LogP contribution in [0.4, 0.5) is 0 Å². The fourth-order valence-electron chi connectivity index (χ4n) is 4.49. The fourth-order valence-corrected chi connectivity index (χ4v) is 5.31. The standard InChI is InChI=1S/C15H13.C13H10.C8H11.2ClH.Zr/c1-10-3-5-14-12(7-10)9-13-8-11(2)4-6-15(13)14;1-3-7-12(8-4-1)11-13-9-5-2-6-10-13;1-6-4-5-7(2)8(6)3;;;/h3-9H,1-2H3;1-10H;4H2,1-3H3;2*1H;/q-1;;-1;;;+2/p-2. The molecule has 0 aliphatic heterocycles. The molecule has 6 rings (SSSR count). The molecule has 0 unspecified atom stereocenters. The predicted octanol–water partition coefficient (Wildman–Crippen LogP) is 3.61. The molecular weight excluding hydrogens is 595 g/mol. The first-order chi connectivity index (χ1) is 17.8. The molecule has 0 aromatic heterocycles. The van der Waals surface area contributed by atoms with Crippen molar-refractivity contribution in [2.45, 2.75) is 41.0 Å². The first-order valence-corrected chi connectivity index (χ1v) is 14.1. The molecule has 0 saturated carbocycles. The van der Waals surface area contributed by atoms with E-state index in [2.05, 4.69) is 144 Å². The minimum atomic E-state index is 0. The number of hydrogen-bond donors (Lipinski definition) is 0. The second-order valence-corrected chi connectivity index (χ2v) is 11.0. The van der Waals surface area contributed by atoms with Crippen molar-refractivity contribution in [3.05, 3.63) is 148 Å². The van der Waals surface area contributed by atoms with Crippen molar-refractivity contribution in [3.63, 3.8) is 0 Å². The molecule has 0 bridgehead atoms. The average molecular weight is 629 g/mol. The molecule has 198 valence electrons. The van der Waals surface area contributed by atoms with E-state index in [0.717, 1.165) is 6.42 Å². The Kier molecular flexibility index (Phi) is 12.9. The van der Waals surface area contributed by atoms with E-state index in [9.17, 15) is 0 Å². The van der Waals surface area contributed by atoms with Crippen LogP contribution in [-0.4, -0.2) is 3.21 Å². The van der Waals surface area contributed by atoms with Gasteiger partial charge in [0.25, 0.3) is 0 Å². The quantitative estimate of drug-likeness (QED) is 0.262. The Hall–Kier alpha value is -2.44. The van der Waals surface area contributed by atoms with Gasteiger partial charge in [-0.05, 0) is 13.8 Å². The summed E-state index contributed by atoms with van der Waals surface area (Å²) in [4.78, 5) is 0. The van der Waals surface area contributed by atoms with Crippen molar-refractivity contribution in [1.29, 1.82) is 0 Å². The molecule has 0 atom stereocenters. The van der Waals surface area contributed by atoms with Gasteiger partial charge in [-0.1, -0.05) is 49.2 Å². The summed E-state index contributed by atoms with van der Waals surface area (Å²) in [5.41, 5.74) is 9.56. The molecule has 3 heteroatoms. The molecular formula is C36H34Cl2Zr-2. The van der Waals surface area contributed by atoms with Crippen molar-refractivity contribution in [2.24, 2.45) is 0 Å². The van der Waals surface area contributed by atoms with Crippen molar-refractivity contribution in [1.82, 2.24) is 0 Å². The molecule has 0 saturated heterocycles. The van der Waals surface area contributed by atoms with E-state index in [1.54, 1.807) is 0 Å². The number of benzene rings is 4. The normalized spacial score (nSPS) is 11.9. The van der Waals surface area contributed by atoms with E-state index >= 15 is 0 Å². The molecule has 5 aromatic rings. The van der Waals surface area contributed by atoms with Crippen LogP contribution in [0.3, 0.4) is 0 Å². The number of allylic oxidation sites excluding steroid dienone is 4. The van der Waals surface area contributed by atoms with Gasteiger partial charge in [-0.3, -0.25) is 6.08 Å². The van der Waals surface area contributed by atoms with Crippen LogP contribution in [0.2, 0.25) is 0 Å². The van der Waals surface area contributed by atoms with Crippen LogP contribution < -0.4 is 24.8 Å². The Morgan fingerprint density at radius 3 is 1.41 bits per heavy atom. The van der Waals surface area contributed by atoms with Gasteiger partial charge in [-0.25, -0.2) is 5.57 Å². The first-order valence-electron chi connectivity index (χ1n) is 12.8. The maximum absolute atomic E-state index is 3.26. The molecule has 0 fully saturated rings. The Balaban J connectivity index is 0.000000209. The van der Waals surface area contributed by atoms with Crippen LogP contribution in [-0.2, 0) is 24.2 Å². The number of rotatable bonds is 2. The molecule has 0 radical (unpaired) electrons. The summed E-state index contributed by atoms with van der Waals surface area (Å²) >= 11 is 1.46. The summed E-state index contributed by atoms with van der Waals surface area (Å²) < 4.78 is 1.42. The van der Waals surface area contributed by atoms with Crippen LogP contribution in [0.1, 0.15) is 49.4 Å². The monoisotopic (exact) mass is 626 g/mol. The summed E-state index contributed by atoms with van der Waals surface area (Å²) in [7, 11) is 0. The van der Waals surface area contributed by atoms with E-state index < -0.39 is 0 Å². The summed E-state index contributed by atoms with van der Waals surface area (Å²) in [6, 6.07) is 36.7. The predicted molar refractivity (Wildman–Crippen MR) is 158 cm³/mol. The van der Waals surface area contributed by atoms with Gasteiger partial charge in [-0.15, -0.1) is 53.1 Å². The Morgan fingerprint density at radius 1 is 0.641 bits per heavy atom. The third kappa shape index (κ3) is 8.52. The molecule has 0 N–H and O–H groups in total. The summed E-state index contributed by atoms with van der Waals surface area (Å²) in [5, 5.41) is 5.46. The zero-order chi connectivity index (χ0) is 26.4. The Bertz CT molecular complexity index is 1490. The fraction of sp³-hybridized carbons (Fsp3) is 0.167. The molecule has 0 nitrogen and oxygen atoms in total. The minimum absolute atomic E-state index is 0. The average Bonchev–Trinajstić information content (AvgIpc) is 3.42. The van der Waals surface area contributed by atoms with Gasteiger partial charge < -0.3 is 24.8 Å². The van der Waals surface area contributed by atoms with Gasteiger partial charge >= 0.3 is 99.2 Å². The molecule has 0 spiro atoms. The van der Waals surface area contributed by atoms with E-state index in [1.165, 1.54) is 88.0 Å². The summed E-state index contributed by atoms with van der Waals surface area (Å²) in [5.74, 6) is 0. The number of aryl methyl sites for hydroxylation is 2. The molecule has 5 aromatic carbocycles. The van der Waals surface area contributed by atoms with Crippen LogP contribution in [0.5, 0.6) is 0 Å². The van der Waals surface area contributed by atoms with E-state index in [1.807, 2.05) is 0 Å². The number of halogens is 2. The zero-order valence-electron chi connectivity index (χ0n) is 23.3. The van der Waals surface area contributed by atoms with Crippen LogP contribution >= 0.6 is 0 Å². The zero-order valence-corrected chi connectivity index (χ0v) is 27.2. The number of hydrogen-bond acceptors (Lipinski definition) is 0. The van der Waals surface area contributed by atoms with E-state index in [-0.39, 0.29) is 24.8 Å².